The van der Waals surface area contributed by atoms with Crippen LogP contribution in [0.15, 0.2) is 18.5 Å². The molecule has 2 aliphatic rings. The summed E-state index contributed by atoms with van der Waals surface area (Å²) in [6.45, 7) is 4.90. The number of carbonyl (C=O) groups excluding carboxylic acids is 1. The molecule has 3 rings (SSSR count). The summed E-state index contributed by atoms with van der Waals surface area (Å²) in [4.78, 5) is 12.9. The Bertz CT molecular complexity index is 499. The Labute approximate surface area is 151 Å². The number of piperidine rings is 1. The molecule has 2 atom stereocenters. The summed E-state index contributed by atoms with van der Waals surface area (Å²) in [6.07, 6.45) is 11.8. The highest BCUT2D eigenvalue weighted by Crippen LogP contribution is 2.32. The molecule has 136 valence electrons. The van der Waals surface area contributed by atoms with E-state index < -0.39 is 5.54 Å². The molecule has 6 heteroatoms. The molecule has 2 N–H and O–H groups in total. The minimum atomic E-state index is -0.507. The van der Waals surface area contributed by atoms with Crippen LogP contribution in [0.1, 0.15) is 51.9 Å². The molecular weight excluding hydrogens is 324 g/mol. The monoisotopic (exact) mass is 354 g/mol. The number of amides is 1. The molecule has 0 radical (unpaired) electrons. The second-order valence-electron chi connectivity index (χ2n) is 7.30. The zero-order valence-corrected chi connectivity index (χ0v) is 15.5. The zero-order valence-electron chi connectivity index (χ0n) is 14.7. The van der Waals surface area contributed by atoms with Crippen LogP contribution in [0.2, 0.25) is 0 Å². The van der Waals surface area contributed by atoms with Crippen LogP contribution in [0, 0.1) is 11.8 Å². The lowest BCUT2D eigenvalue weighted by molar-refractivity contribution is -0.132. The van der Waals surface area contributed by atoms with Gasteiger partial charge in [-0.3, -0.25) is 9.48 Å². The Hall–Kier alpha value is -1.07. The zero-order chi connectivity index (χ0) is 16.1. The highest BCUT2D eigenvalue weighted by molar-refractivity contribution is 5.85. The summed E-state index contributed by atoms with van der Waals surface area (Å²) >= 11 is 0. The molecule has 1 aromatic heterocycles. The maximum atomic E-state index is 12.9. The van der Waals surface area contributed by atoms with Crippen molar-refractivity contribution < 1.29 is 4.79 Å². The summed E-state index contributed by atoms with van der Waals surface area (Å²) in [5.41, 5.74) is -0.507. The van der Waals surface area contributed by atoms with Gasteiger partial charge >= 0.3 is 0 Å². The van der Waals surface area contributed by atoms with Gasteiger partial charge in [-0.2, -0.15) is 5.10 Å². The fourth-order valence-electron chi connectivity index (χ4n) is 4.28. The topological polar surface area (TPSA) is 59.0 Å². The van der Waals surface area contributed by atoms with Crippen LogP contribution in [0.5, 0.6) is 0 Å². The van der Waals surface area contributed by atoms with E-state index in [-0.39, 0.29) is 18.3 Å². The van der Waals surface area contributed by atoms with Gasteiger partial charge in [0.25, 0.3) is 0 Å². The predicted octanol–water partition coefficient (Wildman–Crippen LogP) is 2.72. The molecule has 0 spiro atoms. The third-order valence-electron chi connectivity index (χ3n) is 5.89. The van der Waals surface area contributed by atoms with Crippen molar-refractivity contribution in [2.24, 2.45) is 11.8 Å². The quantitative estimate of drug-likeness (QED) is 0.854. The van der Waals surface area contributed by atoms with Crippen LogP contribution in [-0.4, -0.2) is 35.3 Å². The first-order valence-corrected chi connectivity index (χ1v) is 9.21. The first kappa shape index (κ1) is 19.3. The largest absolute Gasteiger partial charge is 0.354 e. The molecule has 1 aromatic rings. The number of aromatic nitrogens is 2. The first-order valence-electron chi connectivity index (χ1n) is 9.21. The van der Waals surface area contributed by atoms with Gasteiger partial charge < -0.3 is 10.6 Å². The van der Waals surface area contributed by atoms with Gasteiger partial charge in [-0.05, 0) is 50.3 Å². The number of hydrogen-bond donors (Lipinski definition) is 2. The van der Waals surface area contributed by atoms with Crippen molar-refractivity contribution in [3.63, 3.8) is 0 Å². The molecule has 1 saturated carbocycles. The van der Waals surface area contributed by atoms with E-state index in [2.05, 4.69) is 22.7 Å². The number of rotatable bonds is 5. The molecule has 0 aromatic carbocycles. The summed E-state index contributed by atoms with van der Waals surface area (Å²) in [5.74, 6) is 1.73. The van der Waals surface area contributed by atoms with Crippen molar-refractivity contribution in [1.82, 2.24) is 20.4 Å². The van der Waals surface area contributed by atoms with Gasteiger partial charge in [0.15, 0.2) is 0 Å². The highest BCUT2D eigenvalue weighted by Gasteiger charge is 2.41. The molecule has 2 fully saturated rings. The average Bonchev–Trinajstić information content (AvgIpc) is 3.12. The highest BCUT2D eigenvalue weighted by atomic mass is 35.5. The van der Waals surface area contributed by atoms with Gasteiger partial charge in [-0.25, -0.2) is 0 Å². The van der Waals surface area contributed by atoms with E-state index in [1.54, 1.807) is 6.20 Å². The third kappa shape index (κ3) is 4.12. The average molecular weight is 355 g/mol. The van der Waals surface area contributed by atoms with Crippen LogP contribution in [0.4, 0.5) is 0 Å². The minimum absolute atomic E-state index is 0. The lowest BCUT2D eigenvalue weighted by atomic mass is 9.78. The van der Waals surface area contributed by atoms with Crippen molar-refractivity contribution in [2.45, 2.75) is 57.4 Å². The second kappa shape index (κ2) is 8.86. The van der Waals surface area contributed by atoms with Crippen molar-refractivity contribution in [1.29, 1.82) is 0 Å². The lowest BCUT2D eigenvalue weighted by Gasteiger charge is -2.36. The summed E-state index contributed by atoms with van der Waals surface area (Å²) in [6, 6.07) is 1.90. The molecule has 24 heavy (non-hydrogen) atoms. The third-order valence-corrected chi connectivity index (χ3v) is 5.89. The molecular formula is C18H31ClN4O. The van der Waals surface area contributed by atoms with E-state index >= 15 is 0 Å². The Morgan fingerprint density at radius 3 is 2.75 bits per heavy atom. The van der Waals surface area contributed by atoms with Crippen LogP contribution in [0.25, 0.3) is 0 Å². The normalized spacial score (nSPS) is 26.4. The number of halogens is 1. The van der Waals surface area contributed by atoms with Crippen LogP contribution in [-0.2, 0) is 10.3 Å². The van der Waals surface area contributed by atoms with E-state index in [9.17, 15) is 4.79 Å². The summed E-state index contributed by atoms with van der Waals surface area (Å²) < 4.78 is 1.87. The van der Waals surface area contributed by atoms with Gasteiger partial charge in [-0.1, -0.05) is 32.6 Å². The maximum Gasteiger partial charge on any atom is 0.248 e. The molecule has 0 bridgehead atoms. The first-order chi connectivity index (χ1) is 11.2. The summed E-state index contributed by atoms with van der Waals surface area (Å²) in [5, 5.41) is 10.9. The van der Waals surface area contributed by atoms with E-state index in [4.69, 9.17) is 0 Å². The van der Waals surface area contributed by atoms with Gasteiger partial charge in [0.1, 0.15) is 5.54 Å². The predicted molar refractivity (Wildman–Crippen MR) is 98.3 cm³/mol. The van der Waals surface area contributed by atoms with Crippen molar-refractivity contribution in [3.8, 4) is 0 Å². The molecule has 2 heterocycles. The fraction of sp³-hybridized carbons (Fsp3) is 0.778. The molecule has 5 nitrogen and oxygen atoms in total. The van der Waals surface area contributed by atoms with Crippen molar-refractivity contribution >= 4 is 18.3 Å². The number of hydrogen-bond acceptors (Lipinski definition) is 3. The number of carbonyl (C=O) groups is 1. The molecule has 1 amide bonds. The Kier molecular flexibility index (Phi) is 7.11. The Balaban J connectivity index is 0.00000208. The van der Waals surface area contributed by atoms with Crippen LogP contribution in [0.3, 0.4) is 0 Å². The van der Waals surface area contributed by atoms with Crippen LogP contribution >= 0.6 is 12.4 Å². The number of nitrogens with one attached hydrogen (secondary N) is 2. The smallest absolute Gasteiger partial charge is 0.248 e. The van der Waals surface area contributed by atoms with E-state index in [0.29, 0.717) is 0 Å². The maximum absolute atomic E-state index is 12.9. The van der Waals surface area contributed by atoms with Crippen molar-refractivity contribution in [3.05, 3.63) is 18.5 Å². The fourth-order valence-corrected chi connectivity index (χ4v) is 4.28. The van der Waals surface area contributed by atoms with Crippen LogP contribution < -0.4 is 10.6 Å². The second-order valence-corrected chi connectivity index (χ2v) is 7.30. The van der Waals surface area contributed by atoms with Gasteiger partial charge in [0.05, 0.1) is 0 Å². The van der Waals surface area contributed by atoms with E-state index in [0.717, 1.165) is 50.7 Å². The Morgan fingerprint density at radius 1 is 1.33 bits per heavy atom. The molecule has 1 saturated heterocycles. The van der Waals surface area contributed by atoms with Gasteiger partial charge in [-0.15, -0.1) is 12.4 Å². The lowest BCUT2D eigenvalue weighted by Crippen LogP contribution is -2.54. The van der Waals surface area contributed by atoms with Crippen molar-refractivity contribution in [2.75, 3.05) is 19.6 Å². The number of nitrogens with zero attached hydrogens (tertiary/aromatic N) is 2. The molecule has 2 unspecified atom stereocenters. The van der Waals surface area contributed by atoms with Gasteiger partial charge in [0.2, 0.25) is 5.91 Å². The summed E-state index contributed by atoms with van der Waals surface area (Å²) in [7, 11) is 0. The molecule has 1 aliphatic heterocycles. The SMILES string of the molecule is CC1CCCCC1CCNC(=O)C1(n2cccn2)CCNCC1.Cl. The Morgan fingerprint density at radius 2 is 2.08 bits per heavy atom. The minimum Gasteiger partial charge on any atom is -0.354 e. The van der Waals surface area contributed by atoms with Gasteiger partial charge in [0, 0.05) is 18.9 Å². The van der Waals surface area contributed by atoms with E-state index in [1.165, 1.54) is 25.7 Å². The molecule has 1 aliphatic carbocycles. The standard InChI is InChI=1S/C18H30N4O.ClH/c1-15-5-2-3-6-16(15)7-11-20-17(23)18(8-12-19-13-9-18)22-14-4-10-21-22;/h4,10,14-16,19H,2-3,5-9,11-13H2,1H3,(H,20,23);1H. The van der Waals surface area contributed by atoms with E-state index in [1.807, 2.05) is 16.9 Å².